The Morgan fingerprint density at radius 1 is 1.50 bits per heavy atom. The third-order valence-corrected chi connectivity index (χ3v) is 3.11. The standard InChI is InChI=1S/C6H12F2N2O3S/c1-13-5-3-9-2-4(5)10-14(11,12)6(7)8/h4-6,9-10H,2-3H2,1H3/t4?,5-/m0/s1. The summed E-state index contributed by atoms with van der Waals surface area (Å²) in [6.07, 6.45) is -0.400. The molecule has 0 aromatic heterocycles. The maximum Gasteiger partial charge on any atom is 0.350 e. The second kappa shape index (κ2) is 4.47. The fourth-order valence-corrected chi connectivity index (χ4v) is 2.04. The molecule has 14 heavy (non-hydrogen) atoms. The summed E-state index contributed by atoms with van der Waals surface area (Å²) < 4.78 is 52.4. The Morgan fingerprint density at radius 3 is 2.64 bits per heavy atom. The second-order valence-electron chi connectivity index (χ2n) is 2.96. The quantitative estimate of drug-likeness (QED) is 0.658. The van der Waals surface area contributed by atoms with Crippen molar-refractivity contribution in [3.63, 3.8) is 0 Å². The molecule has 1 aliphatic rings. The molecule has 8 heteroatoms. The van der Waals surface area contributed by atoms with E-state index >= 15 is 0 Å². The molecule has 1 fully saturated rings. The molecule has 0 aromatic carbocycles. The molecule has 0 bridgehead atoms. The van der Waals surface area contributed by atoms with Gasteiger partial charge in [0.2, 0.25) is 0 Å². The summed E-state index contributed by atoms with van der Waals surface area (Å²) in [7, 11) is -3.12. The van der Waals surface area contributed by atoms with Crippen LogP contribution >= 0.6 is 0 Å². The Bertz CT molecular complexity index is 283. The number of hydrogen-bond donors (Lipinski definition) is 2. The third kappa shape index (κ3) is 2.59. The lowest BCUT2D eigenvalue weighted by Gasteiger charge is -2.17. The number of ether oxygens (including phenoxy) is 1. The summed E-state index contributed by atoms with van der Waals surface area (Å²) in [5, 5.41) is 2.84. The average Bonchev–Trinajstić information content (AvgIpc) is 2.50. The van der Waals surface area contributed by atoms with Crippen molar-refractivity contribution in [1.82, 2.24) is 10.0 Å². The van der Waals surface area contributed by atoms with Crippen LogP contribution in [0.3, 0.4) is 0 Å². The van der Waals surface area contributed by atoms with E-state index in [9.17, 15) is 17.2 Å². The van der Waals surface area contributed by atoms with E-state index in [2.05, 4.69) is 5.32 Å². The number of sulfonamides is 1. The van der Waals surface area contributed by atoms with Crippen LogP contribution in [0.15, 0.2) is 0 Å². The summed E-state index contributed by atoms with van der Waals surface area (Å²) >= 11 is 0. The van der Waals surface area contributed by atoms with Gasteiger partial charge in [-0.05, 0) is 0 Å². The molecule has 1 rings (SSSR count). The second-order valence-corrected chi connectivity index (χ2v) is 4.64. The molecule has 2 atom stereocenters. The molecule has 1 aliphatic heterocycles. The zero-order valence-corrected chi connectivity index (χ0v) is 8.35. The van der Waals surface area contributed by atoms with Gasteiger partial charge in [-0.25, -0.2) is 13.1 Å². The molecule has 84 valence electrons. The topological polar surface area (TPSA) is 67.4 Å². The smallest absolute Gasteiger partial charge is 0.350 e. The van der Waals surface area contributed by atoms with Crippen molar-refractivity contribution < 1.29 is 21.9 Å². The summed E-state index contributed by atoms with van der Waals surface area (Å²) in [5.74, 6) is -3.40. The van der Waals surface area contributed by atoms with Crippen molar-refractivity contribution in [2.24, 2.45) is 0 Å². The van der Waals surface area contributed by atoms with Gasteiger partial charge in [-0.3, -0.25) is 0 Å². The van der Waals surface area contributed by atoms with Crippen LogP contribution in [-0.4, -0.2) is 46.5 Å². The van der Waals surface area contributed by atoms with E-state index in [-0.39, 0.29) is 0 Å². The first kappa shape index (κ1) is 11.8. The van der Waals surface area contributed by atoms with Gasteiger partial charge in [-0.1, -0.05) is 0 Å². The Labute approximate surface area is 80.9 Å². The van der Waals surface area contributed by atoms with Crippen LogP contribution in [0.2, 0.25) is 0 Å². The Balaban J connectivity index is 2.60. The Morgan fingerprint density at radius 2 is 2.14 bits per heavy atom. The molecule has 1 heterocycles. The van der Waals surface area contributed by atoms with Crippen molar-refractivity contribution in [3.8, 4) is 0 Å². The highest BCUT2D eigenvalue weighted by Gasteiger charge is 2.34. The maximum absolute atomic E-state index is 12.0. The van der Waals surface area contributed by atoms with E-state index in [0.717, 1.165) is 0 Å². The zero-order chi connectivity index (χ0) is 10.8. The first-order valence-corrected chi connectivity index (χ1v) is 5.55. The summed E-state index contributed by atoms with van der Waals surface area (Å²) in [5.41, 5.74) is 0. The molecule has 1 saturated heterocycles. The highest BCUT2D eigenvalue weighted by molar-refractivity contribution is 7.89. The summed E-state index contributed by atoms with van der Waals surface area (Å²) in [6.45, 7) is 0.747. The van der Waals surface area contributed by atoms with Crippen molar-refractivity contribution in [3.05, 3.63) is 0 Å². The maximum atomic E-state index is 12.0. The molecule has 1 unspecified atom stereocenters. The lowest BCUT2D eigenvalue weighted by molar-refractivity contribution is 0.102. The monoisotopic (exact) mass is 230 g/mol. The number of hydrogen-bond acceptors (Lipinski definition) is 4. The normalized spacial score (nSPS) is 28.6. The molecular weight excluding hydrogens is 218 g/mol. The van der Waals surface area contributed by atoms with Crippen LogP contribution in [-0.2, 0) is 14.8 Å². The molecule has 0 aromatic rings. The van der Waals surface area contributed by atoms with E-state index in [1.165, 1.54) is 7.11 Å². The molecule has 0 spiro atoms. The minimum atomic E-state index is -4.53. The van der Waals surface area contributed by atoms with Gasteiger partial charge in [0.25, 0.3) is 10.0 Å². The number of rotatable bonds is 4. The lowest BCUT2D eigenvalue weighted by Crippen LogP contribution is -2.45. The number of nitrogens with one attached hydrogen (secondary N) is 2. The van der Waals surface area contributed by atoms with Gasteiger partial charge in [0.1, 0.15) is 0 Å². The average molecular weight is 230 g/mol. The van der Waals surface area contributed by atoms with Crippen LogP contribution in [0.4, 0.5) is 8.78 Å². The summed E-state index contributed by atoms with van der Waals surface area (Å²) in [6, 6.07) is -0.626. The van der Waals surface area contributed by atoms with E-state index in [1.807, 2.05) is 4.72 Å². The van der Waals surface area contributed by atoms with Gasteiger partial charge in [0, 0.05) is 20.2 Å². The molecule has 0 saturated carbocycles. The molecule has 0 amide bonds. The van der Waals surface area contributed by atoms with Gasteiger partial charge in [0.15, 0.2) is 0 Å². The highest BCUT2D eigenvalue weighted by atomic mass is 32.2. The third-order valence-electron chi connectivity index (χ3n) is 2.01. The predicted octanol–water partition coefficient (Wildman–Crippen LogP) is -0.885. The SMILES string of the molecule is CO[C@H]1CNCC1NS(=O)(=O)C(F)F. The molecular formula is C6H12F2N2O3S. The van der Waals surface area contributed by atoms with Gasteiger partial charge in [0.05, 0.1) is 12.1 Å². The van der Waals surface area contributed by atoms with Crippen molar-refractivity contribution in [1.29, 1.82) is 0 Å². The van der Waals surface area contributed by atoms with Crippen molar-refractivity contribution in [2.75, 3.05) is 20.2 Å². The largest absolute Gasteiger partial charge is 0.378 e. The predicted molar refractivity (Wildman–Crippen MR) is 45.5 cm³/mol. The van der Waals surface area contributed by atoms with Crippen LogP contribution in [0.25, 0.3) is 0 Å². The number of halogens is 2. The van der Waals surface area contributed by atoms with Crippen LogP contribution in [0.5, 0.6) is 0 Å². The minimum absolute atomic E-state index is 0.296. The first-order chi connectivity index (χ1) is 6.47. The van der Waals surface area contributed by atoms with E-state index in [0.29, 0.717) is 13.1 Å². The molecule has 0 aliphatic carbocycles. The van der Waals surface area contributed by atoms with E-state index in [1.54, 1.807) is 0 Å². The number of alkyl halides is 2. The van der Waals surface area contributed by atoms with E-state index < -0.39 is 27.9 Å². The van der Waals surface area contributed by atoms with Gasteiger partial charge in [-0.15, -0.1) is 0 Å². The minimum Gasteiger partial charge on any atom is -0.378 e. The Kier molecular flexibility index (Phi) is 3.76. The van der Waals surface area contributed by atoms with Crippen LogP contribution < -0.4 is 10.0 Å². The molecule has 0 radical (unpaired) electrons. The molecule has 5 nitrogen and oxygen atoms in total. The fraction of sp³-hybridized carbons (Fsp3) is 1.00. The lowest BCUT2D eigenvalue weighted by atomic mass is 10.2. The first-order valence-electron chi connectivity index (χ1n) is 4.00. The van der Waals surface area contributed by atoms with Crippen molar-refractivity contribution >= 4 is 10.0 Å². The van der Waals surface area contributed by atoms with Gasteiger partial charge in [-0.2, -0.15) is 8.78 Å². The highest BCUT2D eigenvalue weighted by Crippen LogP contribution is 2.09. The fourth-order valence-electron chi connectivity index (χ4n) is 1.28. The number of methoxy groups -OCH3 is 1. The Hall–Kier alpha value is -0.310. The van der Waals surface area contributed by atoms with Crippen LogP contribution in [0.1, 0.15) is 0 Å². The molecule has 2 N–H and O–H groups in total. The zero-order valence-electron chi connectivity index (χ0n) is 7.54. The van der Waals surface area contributed by atoms with Gasteiger partial charge < -0.3 is 10.1 Å². The van der Waals surface area contributed by atoms with Crippen LogP contribution in [0, 0.1) is 0 Å². The summed E-state index contributed by atoms with van der Waals surface area (Å²) in [4.78, 5) is 0. The van der Waals surface area contributed by atoms with Gasteiger partial charge >= 0.3 is 5.76 Å². The van der Waals surface area contributed by atoms with E-state index in [4.69, 9.17) is 4.74 Å². The van der Waals surface area contributed by atoms with Crippen molar-refractivity contribution in [2.45, 2.75) is 17.9 Å².